The molecule has 0 aliphatic heterocycles. The lowest BCUT2D eigenvalue weighted by Crippen LogP contribution is -2.41. The molecule has 0 aromatic carbocycles. The number of nitrogens with zero attached hydrogens (tertiary/aromatic N) is 3. The number of carbonyl (C=O) groups is 1. The third-order valence-corrected chi connectivity index (χ3v) is 4.15. The van der Waals surface area contributed by atoms with Crippen molar-refractivity contribution in [3.63, 3.8) is 0 Å². The van der Waals surface area contributed by atoms with E-state index in [1.54, 1.807) is 18.4 Å². The standard InChI is InChI=1S/C14H21N5OS/c1-5-19(6-2)13(20)9(3)16-11-10-7-8-21-12(10)18-14(15-4)17-11/h7-9H,5-6H2,1-4H3,(H2,15,16,17,18). The maximum atomic E-state index is 12.3. The number of hydrogen-bond acceptors (Lipinski definition) is 6. The average Bonchev–Trinajstić information content (AvgIpc) is 2.96. The van der Waals surface area contributed by atoms with Gasteiger partial charge in [-0.25, -0.2) is 4.98 Å². The lowest BCUT2D eigenvalue weighted by Gasteiger charge is -2.24. The maximum absolute atomic E-state index is 12.3. The van der Waals surface area contributed by atoms with Crippen molar-refractivity contribution in [2.75, 3.05) is 30.8 Å². The zero-order valence-electron chi connectivity index (χ0n) is 12.8. The number of nitrogens with one attached hydrogen (secondary N) is 2. The summed E-state index contributed by atoms with van der Waals surface area (Å²) in [5.74, 6) is 1.32. The number of hydrogen-bond donors (Lipinski definition) is 2. The van der Waals surface area contributed by atoms with Crippen LogP contribution in [0, 0.1) is 0 Å². The molecule has 0 aliphatic carbocycles. The predicted molar refractivity (Wildman–Crippen MR) is 88.0 cm³/mol. The van der Waals surface area contributed by atoms with Crippen LogP contribution in [0.25, 0.3) is 10.2 Å². The molecular weight excluding hydrogens is 286 g/mol. The number of likely N-dealkylation sites (N-methyl/N-ethyl adjacent to an activating group) is 1. The Hall–Kier alpha value is -1.89. The number of anilines is 2. The van der Waals surface area contributed by atoms with Crippen LogP contribution < -0.4 is 10.6 Å². The highest BCUT2D eigenvalue weighted by Gasteiger charge is 2.20. The fraction of sp³-hybridized carbons (Fsp3) is 0.500. The number of amides is 1. The van der Waals surface area contributed by atoms with E-state index >= 15 is 0 Å². The summed E-state index contributed by atoms with van der Waals surface area (Å²) in [6.07, 6.45) is 0. The summed E-state index contributed by atoms with van der Waals surface area (Å²) >= 11 is 1.56. The van der Waals surface area contributed by atoms with E-state index in [-0.39, 0.29) is 11.9 Å². The first-order valence-electron chi connectivity index (χ1n) is 7.09. The maximum Gasteiger partial charge on any atom is 0.244 e. The molecule has 1 atom stereocenters. The van der Waals surface area contributed by atoms with Gasteiger partial charge in [0, 0.05) is 20.1 Å². The van der Waals surface area contributed by atoms with Crippen molar-refractivity contribution in [2.24, 2.45) is 0 Å². The second-order valence-electron chi connectivity index (χ2n) is 4.66. The molecule has 1 unspecified atom stereocenters. The van der Waals surface area contributed by atoms with Crippen LogP contribution in [-0.4, -0.2) is 47.0 Å². The Bertz CT molecular complexity index is 623. The van der Waals surface area contributed by atoms with E-state index in [9.17, 15) is 4.79 Å². The first-order valence-corrected chi connectivity index (χ1v) is 7.97. The summed E-state index contributed by atoms with van der Waals surface area (Å²) in [5.41, 5.74) is 0. The van der Waals surface area contributed by atoms with Crippen molar-refractivity contribution < 1.29 is 4.79 Å². The predicted octanol–water partition coefficient (Wildman–Crippen LogP) is 2.40. The summed E-state index contributed by atoms with van der Waals surface area (Å²) in [6.45, 7) is 7.24. The molecule has 7 heteroatoms. The second-order valence-corrected chi connectivity index (χ2v) is 5.56. The largest absolute Gasteiger partial charge is 0.358 e. The van der Waals surface area contributed by atoms with Gasteiger partial charge in [-0.2, -0.15) is 4.98 Å². The van der Waals surface area contributed by atoms with E-state index < -0.39 is 0 Å². The fourth-order valence-electron chi connectivity index (χ4n) is 2.15. The molecule has 0 radical (unpaired) electrons. The minimum atomic E-state index is -0.326. The Labute approximate surface area is 128 Å². The Morgan fingerprint density at radius 1 is 1.38 bits per heavy atom. The molecule has 0 saturated carbocycles. The van der Waals surface area contributed by atoms with Gasteiger partial charge in [-0.3, -0.25) is 4.79 Å². The van der Waals surface area contributed by atoms with Crippen molar-refractivity contribution >= 4 is 39.2 Å². The monoisotopic (exact) mass is 307 g/mol. The van der Waals surface area contributed by atoms with Crippen molar-refractivity contribution in [3.8, 4) is 0 Å². The van der Waals surface area contributed by atoms with E-state index in [1.165, 1.54) is 0 Å². The molecular formula is C14H21N5OS. The Balaban J connectivity index is 2.26. The molecule has 0 aliphatic rings. The van der Waals surface area contributed by atoms with Gasteiger partial charge in [0.15, 0.2) is 0 Å². The van der Waals surface area contributed by atoms with E-state index in [4.69, 9.17) is 0 Å². The number of carbonyl (C=O) groups excluding carboxylic acids is 1. The number of aromatic nitrogens is 2. The molecule has 0 fully saturated rings. The van der Waals surface area contributed by atoms with Gasteiger partial charge in [-0.05, 0) is 32.2 Å². The smallest absolute Gasteiger partial charge is 0.244 e. The zero-order valence-corrected chi connectivity index (χ0v) is 13.6. The number of fused-ring (bicyclic) bond motifs is 1. The minimum Gasteiger partial charge on any atom is -0.358 e. The van der Waals surface area contributed by atoms with Crippen LogP contribution in [0.2, 0.25) is 0 Å². The molecule has 2 aromatic heterocycles. The highest BCUT2D eigenvalue weighted by Crippen LogP contribution is 2.26. The molecule has 1 amide bonds. The second kappa shape index (κ2) is 6.71. The number of thiophene rings is 1. The summed E-state index contributed by atoms with van der Waals surface area (Å²) in [4.78, 5) is 23.9. The average molecular weight is 307 g/mol. The van der Waals surface area contributed by atoms with Gasteiger partial charge in [0.25, 0.3) is 0 Å². The van der Waals surface area contributed by atoms with Crippen LogP contribution >= 0.6 is 11.3 Å². The lowest BCUT2D eigenvalue weighted by molar-refractivity contribution is -0.131. The van der Waals surface area contributed by atoms with E-state index in [0.29, 0.717) is 24.9 Å². The van der Waals surface area contributed by atoms with Gasteiger partial charge in [-0.15, -0.1) is 11.3 Å². The molecule has 0 saturated heterocycles. The van der Waals surface area contributed by atoms with Crippen LogP contribution in [0.15, 0.2) is 11.4 Å². The van der Waals surface area contributed by atoms with Gasteiger partial charge in [0.05, 0.1) is 5.39 Å². The summed E-state index contributed by atoms with van der Waals surface area (Å²) in [6, 6.07) is 1.64. The molecule has 2 rings (SSSR count). The van der Waals surface area contributed by atoms with Crippen LogP contribution in [-0.2, 0) is 4.79 Å². The van der Waals surface area contributed by atoms with Crippen LogP contribution in [0.3, 0.4) is 0 Å². The summed E-state index contributed by atoms with van der Waals surface area (Å²) in [7, 11) is 1.78. The first kappa shape index (κ1) is 15.5. The summed E-state index contributed by atoms with van der Waals surface area (Å²) < 4.78 is 0. The van der Waals surface area contributed by atoms with Gasteiger partial charge in [0.2, 0.25) is 11.9 Å². The molecule has 21 heavy (non-hydrogen) atoms. The van der Waals surface area contributed by atoms with Crippen LogP contribution in [0.5, 0.6) is 0 Å². The van der Waals surface area contributed by atoms with E-state index in [1.807, 2.05) is 37.1 Å². The third kappa shape index (κ3) is 3.24. The zero-order chi connectivity index (χ0) is 15.4. The molecule has 114 valence electrons. The van der Waals surface area contributed by atoms with Crippen molar-refractivity contribution in [3.05, 3.63) is 11.4 Å². The topological polar surface area (TPSA) is 70.2 Å². The highest BCUT2D eigenvalue weighted by molar-refractivity contribution is 7.16. The molecule has 2 N–H and O–H groups in total. The summed E-state index contributed by atoms with van der Waals surface area (Å²) in [5, 5.41) is 9.08. The Morgan fingerprint density at radius 3 is 2.71 bits per heavy atom. The molecule has 6 nitrogen and oxygen atoms in total. The first-order chi connectivity index (χ1) is 10.1. The van der Waals surface area contributed by atoms with Gasteiger partial charge in [0.1, 0.15) is 16.7 Å². The number of rotatable bonds is 6. The Kier molecular flexibility index (Phi) is 4.95. The van der Waals surface area contributed by atoms with Crippen LogP contribution in [0.1, 0.15) is 20.8 Å². The fourth-order valence-corrected chi connectivity index (χ4v) is 2.92. The van der Waals surface area contributed by atoms with Gasteiger partial charge < -0.3 is 15.5 Å². The van der Waals surface area contributed by atoms with E-state index in [0.717, 1.165) is 10.2 Å². The normalized spacial score (nSPS) is 12.2. The lowest BCUT2D eigenvalue weighted by atomic mass is 10.2. The van der Waals surface area contributed by atoms with E-state index in [2.05, 4.69) is 20.6 Å². The third-order valence-electron chi connectivity index (χ3n) is 3.35. The molecule has 2 aromatic rings. The van der Waals surface area contributed by atoms with Crippen molar-refractivity contribution in [1.29, 1.82) is 0 Å². The SMILES string of the molecule is CCN(CC)C(=O)C(C)Nc1nc(NC)nc2sccc12. The van der Waals surface area contributed by atoms with Crippen molar-refractivity contribution in [2.45, 2.75) is 26.8 Å². The molecule has 0 spiro atoms. The minimum absolute atomic E-state index is 0.0769. The van der Waals surface area contributed by atoms with Crippen LogP contribution in [0.4, 0.5) is 11.8 Å². The van der Waals surface area contributed by atoms with Gasteiger partial charge >= 0.3 is 0 Å². The quantitative estimate of drug-likeness (QED) is 0.857. The highest BCUT2D eigenvalue weighted by atomic mass is 32.1. The molecule has 0 bridgehead atoms. The molecule has 2 heterocycles. The van der Waals surface area contributed by atoms with Crippen molar-refractivity contribution in [1.82, 2.24) is 14.9 Å². The Morgan fingerprint density at radius 2 is 2.10 bits per heavy atom. The van der Waals surface area contributed by atoms with Gasteiger partial charge in [-0.1, -0.05) is 0 Å².